The van der Waals surface area contributed by atoms with Gasteiger partial charge in [0.05, 0.1) is 12.2 Å². The van der Waals surface area contributed by atoms with Crippen molar-refractivity contribution in [1.29, 1.82) is 0 Å². The number of amides is 1. The number of rotatable bonds is 1. The largest absolute Gasteiger partial charge is 0.489 e. The Kier molecular flexibility index (Phi) is 3.79. The number of carbonyl (C=O) groups is 1. The number of fused-ring (bicyclic) bond motifs is 1. The standard InChI is InChI=1S/C15H22N2O3/c1-15(2,3)20-14(18)17-8-9-19-13-10-11(16(4)5)6-7-12(13)17/h6-7,10H,8-9H2,1-5H3. The van der Waals surface area contributed by atoms with Crippen LogP contribution in [0.25, 0.3) is 0 Å². The van der Waals surface area contributed by atoms with Crippen molar-refractivity contribution in [2.75, 3.05) is 37.0 Å². The van der Waals surface area contributed by atoms with Gasteiger partial charge in [-0.2, -0.15) is 0 Å². The van der Waals surface area contributed by atoms with Crippen molar-refractivity contribution in [3.63, 3.8) is 0 Å². The predicted molar refractivity (Wildman–Crippen MR) is 79.8 cm³/mol. The lowest BCUT2D eigenvalue weighted by atomic mass is 10.2. The van der Waals surface area contributed by atoms with E-state index in [9.17, 15) is 4.79 Å². The fourth-order valence-electron chi connectivity index (χ4n) is 1.99. The van der Waals surface area contributed by atoms with Crippen molar-refractivity contribution in [3.05, 3.63) is 18.2 Å². The molecule has 110 valence electrons. The summed E-state index contributed by atoms with van der Waals surface area (Å²) in [6, 6.07) is 5.80. The zero-order valence-electron chi connectivity index (χ0n) is 12.8. The first kappa shape index (κ1) is 14.5. The van der Waals surface area contributed by atoms with Gasteiger partial charge >= 0.3 is 6.09 Å². The van der Waals surface area contributed by atoms with Gasteiger partial charge in [0.25, 0.3) is 0 Å². The van der Waals surface area contributed by atoms with E-state index in [-0.39, 0.29) is 6.09 Å². The number of carbonyl (C=O) groups excluding carboxylic acids is 1. The van der Waals surface area contributed by atoms with E-state index < -0.39 is 5.60 Å². The molecule has 1 aliphatic heterocycles. The maximum Gasteiger partial charge on any atom is 0.415 e. The minimum Gasteiger partial charge on any atom is -0.489 e. The Morgan fingerprint density at radius 1 is 1.35 bits per heavy atom. The van der Waals surface area contributed by atoms with Crippen molar-refractivity contribution in [1.82, 2.24) is 0 Å². The summed E-state index contributed by atoms with van der Waals surface area (Å²) in [7, 11) is 3.94. The highest BCUT2D eigenvalue weighted by atomic mass is 16.6. The second-order valence-electron chi connectivity index (χ2n) is 6.03. The molecule has 0 fully saturated rings. The molecule has 0 spiro atoms. The second-order valence-corrected chi connectivity index (χ2v) is 6.03. The number of ether oxygens (including phenoxy) is 2. The molecule has 2 rings (SSSR count). The number of benzene rings is 1. The molecule has 20 heavy (non-hydrogen) atoms. The average Bonchev–Trinajstić information content (AvgIpc) is 2.35. The van der Waals surface area contributed by atoms with E-state index in [2.05, 4.69) is 0 Å². The van der Waals surface area contributed by atoms with Crippen LogP contribution in [0.2, 0.25) is 0 Å². The molecule has 1 heterocycles. The van der Waals surface area contributed by atoms with Crippen LogP contribution in [-0.2, 0) is 4.74 Å². The van der Waals surface area contributed by atoms with Crippen LogP contribution in [0.3, 0.4) is 0 Å². The molecule has 0 aromatic heterocycles. The van der Waals surface area contributed by atoms with E-state index in [0.717, 1.165) is 11.4 Å². The third kappa shape index (κ3) is 3.15. The van der Waals surface area contributed by atoms with Gasteiger partial charge in [0, 0.05) is 25.8 Å². The van der Waals surface area contributed by atoms with Gasteiger partial charge in [0.2, 0.25) is 0 Å². The Bertz CT molecular complexity index is 506. The highest BCUT2D eigenvalue weighted by Crippen LogP contribution is 2.35. The van der Waals surface area contributed by atoms with Gasteiger partial charge in [-0.3, -0.25) is 4.90 Å². The molecule has 0 aliphatic carbocycles. The molecular formula is C15H22N2O3. The summed E-state index contributed by atoms with van der Waals surface area (Å²) in [6.07, 6.45) is -0.334. The van der Waals surface area contributed by atoms with E-state index in [0.29, 0.717) is 18.9 Å². The van der Waals surface area contributed by atoms with Gasteiger partial charge < -0.3 is 14.4 Å². The number of anilines is 2. The fourth-order valence-corrected chi connectivity index (χ4v) is 1.99. The van der Waals surface area contributed by atoms with Crippen molar-refractivity contribution in [2.45, 2.75) is 26.4 Å². The molecule has 5 nitrogen and oxygen atoms in total. The second kappa shape index (κ2) is 5.23. The number of hydrogen-bond donors (Lipinski definition) is 0. The molecular weight excluding hydrogens is 256 g/mol. The summed E-state index contributed by atoms with van der Waals surface area (Å²) in [5.74, 6) is 0.716. The Balaban J connectivity index is 2.27. The predicted octanol–water partition coefficient (Wildman–Crippen LogP) is 2.89. The Morgan fingerprint density at radius 3 is 2.65 bits per heavy atom. The zero-order valence-corrected chi connectivity index (χ0v) is 12.8. The molecule has 0 unspecified atom stereocenters. The third-order valence-electron chi connectivity index (χ3n) is 2.94. The fraction of sp³-hybridized carbons (Fsp3) is 0.533. The van der Waals surface area contributed by atoms with Crippen LogP contribution < -0.4 is 14.5 Å². The van der Waals surface area contributed by atoms with Crippen molar-refractivity contribution >= 4 is 17.5 Å². The van der Waals surface area contributed by atoms with Crippen LogP contribution in [0.1, 0.15) is 20.8 Å². The highest BCUT2D eigenvalue weighted by molar-refractivity contribution is 5.91. The molecule has 1 aromatic rings. The van der Waals surface area contributed by atoms with Crippen LogP contribution in [0.4, 0.5) is 16.2 Å². The van der Waals surface area contributed by atoms with Crippen molar-refractivity contribution in [2.24, 2.45) is 0 Å². The van der Waals surface area contributed by atoms with Crippen LogP contribution in [0, 0.1) is 0 Å². The summed E-state index contributed by atoms with van der Waals surface area (Å²) in [5, 5.41) is 0. The van der Waals surface area contributed by atoms with Gasteiger partial charge in [0.15, 0.2) is 0 Å². The summed E-state index contributed by atoms with van der Waals surface area (Å²) >= 11 is 0. The summed E-state index contributed by atoms with van der Waals surface area (Å²) in [6.45, 7) is 6.57. The molecule has 0 saturated heterocycles. The quantitative estimate of drug-likeness (QED) is 0.792. The van der Waals surface area contributed by atoms with Crippen molar-refractivity contribution < 1.29 is 14.3 Å². The molecule has 0 radical (unpaired) electrons. The molecule has 1 aromatic carbocycles. The van der Waals surface area contributed by atoms with Gasteiger partial charge in [-0.25, -0.2) is 4.79 Å². The Morgan fingerprint density at radius 2 is 2.05 bits per heavy atom. The minimum absolute atomic E-state index is 0.334. The summed E-state index contributed by atoms with van der Waals surface area (Å²) < 4.78 is 11.1. The van der Waals surface area contributed by atoms with Gasteiger partial charge in [-0.15, -0.1) is 0 Å². The van der Waals surface area contributed by atoms with E-state index in [1.165, 1.54) is 0 Å². The molecule has 5 heteroatoms. The molecule has 1 aliphatic rings. The zero-order chi connectivity index (χ0) is 14.9. The van der Waals surface area contributed by atoms with E-state index in [1.807, 2.05) is 58.0 Å². The average molecular weight is 278 g/mol. The lowest BCUT2D eigenvalue weighted by Gasteiger charge is -2.32. The Hall–Kier alpha value is -1.91. The number of nitrogens with zero attached hydrogens (tertiary/aromatic N) is 2. The van der Waals surface area contributed by atoms with Crippen LogP contribution in [-0.4, -0.2) is 38.9 Å². The monoisotopic (exact) mass is 278 g/mol. The first-order chi connectivity index (χ1) is 9.28. The lowest BCUT2D eigenvalue weighted by molar-refractivity contribution is 0.0568. The summed E-state index contributed by atoms with van der Waals surface area (Å²) in [4.78, 5) is 15.9. The SMILES string of the molecule is CN(C)c1ccc2c(c1)OCCN2C(=O)OC(C)(C)C. The third-order valence-corrected chi connectivity index (χ3v) is 2.94. The number of hydrogen-bond acceptors (Lipinski definition) is 4. The maximum absolute atomic E-state index is 12.2. The highest BCUT2D eigenvalue weighted by Gasteiger charge is 2.28. The van der Waals surface area contributed by atoms with Crippen molar-refractivity contribution in [3.8, 4) is 5.75 Å². The van der Waals surface area contributed by atoms with Crippen LogP contribution >= 0.6 is 0 Å². The topological polar surface area (TPSA) is 42.0 Å². The van der Waals surface area contributed by atoms with E-state index in [4.69, 9.17) is 9.47 Å². The molecule has 0 atom stereocenters. The minimum atomic E-state index is -0.501. The molecule has 1 amide bonds. The first-order valence-electron chi connectivity index (χ1n) is 6.72. The summed E-state index contributed by atoms with van der Waals surface area (Å²) in [5.41, 5.74) is 1.30. The van der Waals surface area contributed by atoms with Gasteiger partial charge in [-0.05, 0) is 32.9 Å². The van der Waals surface area contributed by atoms with Gasteiger partial charge in [0.1, 0.15) is 18.0 Å². The van der Waals surface area contributed by atoms with Crippen LogP contribution in [0.5, 0.6) is 5.75 Å². The van der Waals surface area contributed by atoms with E-state index in [1.54, 1.807) is 4.90 Å². The first-order valence-corrected chi connectivity index (χ1v) is 6.72. The molecule has 0 N–H and O–H groups in total. The smallest absolute Gasteiger partial charge is 0.415 e. The lowest BCUT2D eigenvalue weighted by Crippen LogP contribution is -2.41. The molecule has 0 bridgehead atoms. The normalized spacial score (nSPS) is 14.3. The van der Waals surface area contributed by atoms with Crippen LogP contribution in [0.15, 0.2) is 18.2 Å². The maximum atomic E-state index is 12.2. The Labute approximate surface area is 120 Å². The molecule has 0 saturated carbocycles. The van der Waals surface area contributed by atoms with Gasteiger partial charge in [-0.1, -0.05) is 0 Å². The van der Waals surface area contributed by atoms with E-state index >= 15 is 0 Å².